The third-order valence-electron chi connectivity index (χ3n) is 3.88. The Morgan fingerprint density at radius 3 is 3.05 bits per heavy atom. The molecule has 1 aliphatic carbocycles. The zero-order valence-electron chi connectivity index (χ0n) is 12.0. The predicted molar refractivity (Wildman–Crippen MR) is 72.9 cm³/mol. The van der Waals surface area contributed by atoms with E-state index >= 15 is 0 Å². The largest absolute Gasteiger partial charge is 0.468 e. The quantitative estimate of drug-likeness (QED) is 0.825. The van der Waals surface area contributed by atoms with Gasteiger partial charge in [-0.15, -0.1) is 0 Å². The van der Waals surface area contributed by atoms with Crippen molar-refractivity contribution in [3.63, 3.8) is 0 Å². The van der Waals surface area contributed by atoms with Gasteiger partial charge in [-0.3, -0.25) is 9.48 Å². The molecule has 0 spiro atoms. The van der Waals surface area contributed by atoms with Crippen LogP contribution in [0.15, 0.2) is 12.4 Å². The third kappa shape index (κ3) is 2.81. The first-order valence-corrected chi connectivity index (χ1v) is 6.95. The minimum atomic E-state index is -0.532. The first-order chi connectivity index (χ1) is 9.11. The van der Waals surface area contributed by atoms with Crippen molar-refractivity contribution < 1.29 is 9.53 Å². The van der Waals surface area contributed by atoms with E-state index in [-0.39, 0.29) is 12.0 Å². The topological polar surface area (TPSA) is 56.1 Å². The van der Waals surface area contributed by atoms with Gasteiger partial charge in [0.15, 0.2) is 0 Å². The van der Waals surface area contributed by atoms with E-state index in [0.717, 1.165) is 37.8 Å². The smallest absolute Gasteiger partial charge is 0.326 e. The number of hydrogen-bond donors (Lipinski definition) is 1. The lowest BCUT2D eigenvalue weighted by Crippen LogP contribution is -2.51. The SMILES string of the molecule is CCCNC1(C(=O)OC)CCC(n2cc(C)cn2)C1. The summed E-state index contributed by atoms with van der Waals surface area (Å²) in [7, 11) is 1.46. The number of nitrogens with one attached hydrogen (secondary N) is 1. The van der Waals surface area contributed by atoms with Gasteiger partial charge in [-0.25, -0.2) is 0 Å². The molecule has 1 saturated carbocycles. The highest BCUT2D eigenvalue weighted by atomic mass is 16.5. The van der Waals surface area contributed by atoms with Gasteiger partial charge in [0.1, 0.15) is 5.54 Å². The van der Waals surface area contributed by atoms with Gasteiger partial charge in [-0.2, -0.15) is 5.10 Å². The molecule has 0 bridgehead atoms. The van der Waals surface area contributed by atoms with Crippen molar-refractivity contribution in [3.8, 4) is 0 Å². The molecule has 1 heterocycles. The van der Waals surface area contributed by atoms with Crippen molar-refractivity contribution in [2.45, 2.75) is 51.1 Å². The van der Waals surface area contributed by atoms with Crippen molar-refractivity contribution in [1.82, 2.24) is 15.1 Å². The summed E-state index contributed by atoms with van der Waals surface area (Å²) < 4.78 is 6.97. The van der Waals surface area contributed by atoms with Gasteiger partial charge in [0.05, 0.1) is 19.3 Å². The van der Waals surface area contributed by atoms with E-state index in [1.807, 2.05) is 24.0 Å². The third-order valence-corrected chi connectivity index (χ3v) is 3.88. The van der Waals surface area contributed by atoms with E-state index in [9.17, 15) is 4.79 Å². The lowest BCUT2D eigenvalue weighted by Gasteiger charge is -2.27. The zero-order valence-corrected chi connectivity index (χ0v) is 12.0. The highest BCUT2D eigenvalue weighted by Crippen LogP contribution is 2.38. The Kier molecular flexibility index (Phi) is 4.24. The number of methoxy groups -OCH3 is 1. The Morgan fingerprint density at radius 1 is 1.68 bits per heavy atom. The maximum absolute atomic E-state index is 12.1. The van der Waals surface area contributed by atoms with Crippen LogP contribution < -0.4 is 5.32 Å². The second-order valence-electron chi connectivity index (χ2n) is 5.39. The summed E-state index contributed by atoms with van der Waals surface area (Å²) >= 11 is 0. The van der Waals surface area contributed by atoms with Gasteiger partial charge < -0.3 is 10.1 Å². The van der Waals surface area contributed by atoms with Crippen LogP contribution in [0.25, 0.3) is 0 Å². The molecule has 1 aromatic rings. The number of aryl methyl sites for hydroxylation is 1. The first-order valence-electron chi connectivity index (χ1n) is 6.95. The lowest BCUT2D eigenvalue weighted by molar-refractivity contribution is -0.148. The van der Waals surface area contributed by atoms with Crippen LogP contribution in [0.4, 0.5) is 0 Å². The Hall–Kier alpha value is -1.36. The summed E-state index contributed by atoms with van der Waals surface area (Å²) in [6.07, 6.45) is 7.41. The first kappa shape index (κ1) is 14.1. The van der Waals surface area contributed by atoms with Gasteiger partial charge in [0.25, 0.3) is 0 Å². The normalized spacial score (nSPS) is 26.6. The summed E-state index contributed by atoms with van der Waals surface area (Å²) in [6, 6.07) is 0.275. The monoisotopic (exact) mass is 265 g/mol. The van der Waals surface area contributed by atoms with Gasteiger partial charge in [-0.05, 0) is 44.7 Å². The highest BCUT2D eigenvalue weighted by molar-refractivity contribution is 5.81. The molecule has 0 amide bonds. The molecule has 5 heteroatoms. The molecule has 1 N–H and O–H groups in total. The number of ether oxygens (including phenoxy) is 1. The predicted octanol–water partition coefficient (Wildman–Crippen LogP) is 1.83. The summed E-state index contributed by atoms with van der Waals surface area (Å²) in [4.78, 5) is 12.1. The molecule has 0 saturated heterocycles. The van der Waals surface area contributed by atoms with Gasteiger partial charge in [0, 0.05) is 6.20 Å². The molecule has 1 fully saturated rings. The number of esters is 1. The van der Waals surface area contributed by atoms with Gasteiger partial charge in [0.2, 0.25) is 0 Å². The van der Waals surface area contributed by atoms with E-state index in [4.69, 9.17) is 4.74 Å². The fourth-order valence-electron chi connectivity index (χ4n) is 2.86. The molecule has 0 aromatic carbocycles. The lowest BCUT2D eigenvalue weighted by atomic mass is 9.97. The molecular formula is C14H23N3O2. The number of rotatable bonds is 5. The van der Waals surface area contributed by atoms with Crippen LogP contribution >= 0.6 is 0 Å². The molecule has 1 aromatic heterocycles. The summed E-state index contributed by atoms with van der Waals surface area (Å²) in [5.74, 6) is -0.146. The molecule has 106 valence electrons. The van der Waals surface area contributed by atoms with Crippen molar-refractivity contribution in [2.24, 2.45) is 0 Å². The zero-order chi connectivity index (χ0) is 13.9. The minimum absolute atomic E-state index is 0.146. The Morgan fingerprint density at radius 2 is 2.47 bits per heavy atom. The van der Waals surface area contributed by atoms with Crippen LogP contribution in [0.5, 0.6) is 0 Å². The van der Waals surface area contributed by atoms with E-state index < -0.39 is 5.54 Å². The molecule has 2 rings (SSSR count). The Bertz CT molecular complexity index is 444. The molecule has 2 atom stereocenters. The van der Waals surface area contributed by atoms with E-state index in [2.05, 4.69) is 17.3 Å². The fraction of sp³-hybridized carbons (Fsp3) is 0.714. The van der Waals surface area contributed by atoms with E-state index in [0.29, 0.717) is 0 Å². The number of hydrogen-bond acceptors (Lipinski definition) is 4. The highest BCUT2D eigenvalue weighted by Gasteiger charge is 2.46. The maximum atomic E-state index is 12.1. The summed E-state index contributed by atoms with van der Waals surface area (Å²) in [5.41, 5.74) is 0.618. The number of carbonyl (C=O) groups is 1. The van der Waals surface area contributed by atoms with Crippen molar-refractivity contribution in [3.05, 3.63) is 18.0 Å². The molecule has 19 heavy (non-hydrogen) atoms. The van der Waals surface area contributed by atoms with Gasteiger partial charge >= 0.3 is 5.97 Å². The average molecular weight is 265 g/mol. The van der Waals surface area contributed by atoms with E-state index in [1.165, 1.54) is 7.11 Å². The van der Waals surface area contributed by atoms with Crippen LogP contribution in [-0.4, -0.2) is 34.9 Å². The molecular weight excluding hydrogens is 242 g/mol. The number of nitrogens with zero attached hydrogens (tertiary/aromatic N) is 2. The van der Waals surface area contributed by atoms with Gasteiger partial charge in [-0.1, -0.05) is 6.92 Å². The average Bonchev–Trinajstić information content (AvgIpc) is 3.02. The number of aromatic nitrogens is 2. The fourth-order valence-corrected chi connectivity index (χ4v) is 2.86. The Labute approximate surface area is 114 Å². The van der Waals surface area contributed by atoms with Crippen molar-refractivity contribution in [1.29, 1.82) is 0 Å². The van der Waals surface area contributed by atoms with Crippen molar-refractivity contribution >= 4 is 5.97 Å². The summed E-state index contributed by atoms with van der Waals surface area (Å²) in [5, 5.41) is 7.75. The second kappa shape index (κ2) is 5.74. The minimum Gasteiger partial charge on any atom is -0.468 e. The standard InChI is InChI=1S/C14H23N3O2/c1-4-7-15-14(13(18)19-3)6-5-12(8-14)17-10-11(2)9-16-17/h9-10,12,15H,4-8H2,1-3H3. The molecule has 5 nitrogen and oxygen atoms in total. The van der Waals surface area contributed by atoms with Crippen LogP contribution in [0, 0.1) is 6.92 Å². The van der Waals surface area contributed by atoms with Crippen LogP contribution in [0.1, 0.15) is 44.2 Å². The second-order valence-corrected chi connectivity index (χ2v) is 5.39. The van der Waals surface area contributed by atoms with E-state index in [1.54, 1.807) is 0 Å². The maximum Gasteiger partial charge on any atom is 0.326 e. The molecule has 2 unspecified atom stereocenters. The summed E-state index contributed by atoms with van der Waals surface area (Å²) in [6.45, 7) is 4.96. The van der Waals surface area contributed by atoms with Crippen LogP contribution in [0.3, 0.4) is 0 Å². The molecule has 0 aliphatic heterocycles. The Balaban J connectivity index is 2.12. The van der Waals surface area contributed by atoms with Crippen molar-refractivity contribution in [2.75, 3.05) is 13.7 Å². The molecule has 1 aliphatic rings. The van der Waals surface area contributed by atoms with Crippen LogP contribution in [-0.2, 0) is 9.53 Å². The van der Waals surface area contributed by atoms with Crippen LogP contribution in [0.2, 0.25) is 0 Å². The number of carbonyl (C=O) groups excluding carboxylic acids is 1. The molecule has 0 radical (unpaired) electrons.